The average molecular weight is 202 g/mol. The van der Waals surface area contributed by atoms with E-state index >= 15 is 0 Å². The van der Waals surface area contributed by atoms with E-state index < -0.39 is 5.09 Å². The molecule has 48 valence electrons. The molecule has 0 atom stereocenters. The zero-order chi connectivity index (χ0) is 5.58. The number of hydrogen-bond donors (Lipinski definition) is 2. The van der Waals surface area contributed by atoms with Gasteiger partial charge in [-0.2, -0.15) is 0 Å². The molecule has 0 aromatic rings. The van der Waals surface area contributed by atoms with Gasteiger partial charge >= 0.3 is 22.4 Å². The third-order valence-electron chi connectivity index (χ3n) is 0. The molecule has 0 fully saturated rings. The minimum Gasteiger partial charge on any atom is -0.356 e. The van der Waals surface area contributed by atoms with E-state index in [-0.39, 0.29) is 22.4 Å². The van der Waals surface area contributed by atoms with E-state index in [0.717, 1.165) is 0 Å². The van der Waals surface area contributed by atoms with Gasteiger partial charge in [-0.25, -0.2) is 0 Å². The van der Waals surface area contributed by atoms with Gasteiger partial charge in [-0.15, -0.1) is 0 Å². The topological polar surface area (TPSA) is 118 Å². The molecular weight excluding hydrogens is 198 g/mol. The van der Waals surface area contributed by atoms with Crippen LogP contribution in [0.25, 0.3) is 0 Å². The summed E-state index contributed by atoms with van der Waals surface area (Å²) in [7, 11) is 0. The normalized spacial score (nSPS) is 4.29. The number of hydrogen-bond acceptors (Lipinski definition) is 5. The summed E-state index contributed by atoms with van der Waals surface area (Å²) < 4.78 is 0. The van der Waals surface area contributed by atoms with Gasteiger partial charge in [-0.05, 0) is 0 Å². The first kappa shape index (κ1) is 15.8. The Morgan fingerprint density at radius 2 is 1.29 bits per heavy atom. The van der Waals surface area contributed by atoms with Crippen LogP contribution in [0.3, 0.4) is 0 Å². The van der Waals surface area contributed by atoms with Crippen molar-refractivity contribution in [2.24, 2.45) is 11.7 Å². The molecule has 0 aliphatic heterocycles. The van der Waals surface area contributed by atoms with Crippen LogP contribution in [0, 0.1) is 15.3 Å². The van der Waals surface area contributed by atoms with Crippen molar-refractivity contribution in [2.75, 3.05) is 0 Å². The Balaban J connectivity index is -0.0000000480. The van der Waals surface area contributed by atoms with Gasteiger partial charge in [0.25, 0.3) is 0 Å². The SMILES string of the molecule is NN.O=[N+]([O-])[O-].[Ag+]. The maximum Gasteiger partial charge on any atom is 1.00 e. The zero-order valence-corrected chi connectivity index (χ0v) is 4.61. The Kier molecular flexibility index (Phi) is 38.2. The zero-order valence-electron chi connectivity index (χ0n) is 3.13. The third kappa shape index (κ3) is 4470. The summed E-state index contributed by atoms with van der Waals surface area (Å²) in [6.45, 7) is 0. The predicted molar refractivity (Wildman–Crippen MR) is 18.7 cm³/mol. The Labute approximate surface area is 55.1 Å². The number of nitrogens with zero attached hydrogens (tertiary/aromatic N) is 1. The molecular formula is H4AgN3O3. The van der Waals surface area contributed by atoms with E-state index in [2.05, 4.69) is 11.7 Å². The second-order valence-electron chi connectivity index (χ2n) is 0.224. The number of nitrogens with two attached hydrogens (primary N) is 2. The molecule has 0 rings (SSSR count). The van der Waals surface area contributed by atoms with Crippen molar-refractivity contribution < 1.29 is 27.5 Å². The van der Waals surface area contributed by atoms with Gasteiger partial charge < -0.3 is 15.3 Å². The van der Waals surface area contributed by atoms with Gasteiger partial charge in [0, 0.05) is 0 Å². The molecule has 0 unspecified atom stereocenters. The Bertz CT molecular complexity index is 33.2. The predicted octanol–water partition coefficient (Wildman–Crippen LogP) is -1.42. The molecule has 0 spiro atoms. The summed E-state index contributed by atoms with van der Waals surface area (Å²) in [4.78, 5) is 8.25. The molecule has 0 aromatic heterocycles. The van der Waals surface area contributed by atoms with Crippen molar-refractivity contribution >= 4 is 0 Å². The minimum absolute atomic E-state index is 0. The average Bonchev–Trinajstić information content (AvgIpc) is 1.41. The Morgan fingerprint density at radius 3 is 1.29 bits per heavy atom. The van der Waals surface area contributed by atoms with E-state index in [1.165, 1.54) is 0 Å². The van der Waals surface area contributed by atoms with Crippen LogP contribution in [0.1, 0.15) is 0 Å². The van der Waals surface area contributed by atoms with Crippen LogP contribution < -0.4 is 11.7 Å². The van der Waals surface area contributed by atoms with Crippen LogP contribution >= 0.6 is 0 Å². The summed E-state index contributed by atoms with van der Waals surface area (Å²) in [5.74, 6) is 8.00. The fourth-order valence-electron chi connectivity index (χ4n) is 0. The van der Waals surface area contributed by atoms with Gasteiger partial charge in [-0.3, -0.25) is 11.7 Å². The number of hydrazine groups is 1. The first-order valence-corrected chi connectivity index (χ1v) is 0.881. The maximum atomic E-state index is 8.25. The first-order valence-electron chi connectivity index (χ1n) is 0.881. The van der Waals surface area contributed by atoms with Crippen LogP contribution in [-0.4, -0.2) is 5.09 Å². The molecule has 0 saturated heterocycles. The van der Waals surface area contributed by atoms with Crippen LogP contribution in [0.4, 0.5) is 0 Å². The summed E-state index contributed by atoms with van der Waals surface area (Å²) in [6.07, 6.45) is 0. The van der Waals surface area contributed by atoms with Gasteiger partial charge in [0.2, 0.25) is 0 Å². The molecule has 0 heterocycles. The van der Waals surface area contributed by atoms with Crippen LogP contribution in [0.15, 0.2) is 0 Å². The molecule has 0 aliphatic rings. The van der Waals surface area contributed by atoms with Gasteiger partial charge in [-0.1, -0.05) is 0 Å². The molecule has 0 saturated carbocycles. The quantitative estimate of drug-likeness (QED) is 0.216. The second-order valence-corrected chi connectivity index (χ2v) is 0.224. The minimum atomic E-state index is -1.75. The van der Waals surface area contributed by atoms with E-state index in [1.807, 2.05) is 0 Å². The first-order chi connectivity index (χ1) is 2.73. The maximum absolute atomic E-state index is 8.25. The van der Waals surface area contributed by atoms with Crippen molar-refractivity contribution in [1.82, 2.24) is 0 Å². The molecule has 0 aliphatic carbocycles. The van der Waals surface area contributed by atoms with E-state index in [4.69, 9.17) is 15.3 Å². The molecule has 7 heavy (non-hydrogen) atoms. The Hall–Kier alpha value is -0.140. The van der Waals surface area contributed by atoms with E-state index in [0.29, 0.717) is 0 Å². The Morgan fingerprint density at radius 1 is 1.29 bits per heavy atom. The molecule has 0 amide bonds. The van der Waals surface area contributed by atoms with Crippen molar-refractivity contribution in [3.63, 3.8) is 0 Å². The largest absolute Gasteiger partial charge is 1.00 e. The summed E-state index contributed by atoms with van der Waals surface area (Å²) in [5.41, 5.74) is 0. The fraction of sp³-hybridized carbons (Fsp3) is 0. The van der Waals surface area contributed by atoms with Crippen molar-refractivity contribution in [1.29, 1.82) is 0 Å². The number of rotatable bonds is 0. The van der Waals surface area contributed by atoms with E-state index in [9.17, 15) is 0 Å². The smallest absolute Gasteiger partial charge is 0.356 e. The molecule has 6 nitrogen and oxygen atoms in total. The molecule has 0 aromatic carbocycles. The van der Waals surface area contributed by atoms with Crippen LogP contribution in [0.5, 0.6) is 0 Å². The molecule has 0 radical (unpaired) electrons. The fourth-order valence-corrected chi connectivity index (χ4v) is 0. The summed E-state index contributed by atoms with van der Waals surface area (Å²) >= 11 is 0. The van der Waals surface area contributed by atoms with Gasteiger partial charge in [0.1, 0.15) is 0 Å². The van der Waals surface area contributed by atoms with Crippen LogP contribution in [0.2, 0.25) is 0 Å². The second kappa shape index (κ2) is 16.9. The monoisotopic (exact) mass is 201 g/mol. The van der Waals surface area contributed by atoms with Gasteiger partial charge in [0.05, 0.1) is 5.09 Å². The van der Waals surface area contributed by atoms with Crippen molar-refractivity contribution in [2.45, 2.75) is 0 Å². The molecule has 7 heteroatoms. The molecule has 0 bridgehead atoms. The van der Waals surface area contributed by atoms with Crippen LogP contribution in [-0.2, 0) is 22.4 Å². The third-order valence-corrected chi connectivity index (χ3v) is 0. The van der Waals surface area contributed by atoms with Crippen molar-refractivity contribution in [3.05, 3.63) is 15.3 Å². The summed E-state index contributed by atoms with van der Waals surface area (Å²) in [6, 6.07) is 0. The van der Waals surface area contributed by atoms with Crippen molar-refractivity contribution in [3.8, 4) is 0 Å². The van der Waals surface area contributed by atoms with Gasteiger partial charge in [0.15, 0.2) is 0 Å². The molecule has 4 N–H and O–H groups in total. The summed E-state index contributed by atoms with van der Waals surface area (Å²) in [5, 5.41) is 14.8. The standard InChI is InChI=1S/Ag.H4N2.NO3/c;1-2;2-1(3)4/h;1-2H2;/q+1;;-1. The van der Waals surface area contributed by atoms with E-state index in [1.54, 1.807) is 0 Å².